The fourth-order valence-corrected chi connectivity index (χ4v) is 2.36. The van der Waals surface area contributed by atoms with Gasteiger partial charge in [-0.25, -0.2) is 4.98 Å². The van der Waals surface area contributed by atoms with Crippen LogP contribution in [0.5, 0.6) is 0 Å². The van der Waals surface area contributed by atoms with Gasteiger partial charge in [-0.05, 0) is 37.7 Å². The molecule has 124 valence electrons. The Hall–Kier alpha value is -2.10. The van der Waals surface area contributed by atoms with Crippen LogP contribution >= 0.6 is 0 Å². The SMILES string of the molecule is Cc1cc(NCCC(C)C)nc(NCCCc2ccccc2)n1. The number of nitrogens with one attached hydrogen (secondary N) is 2. The minimum absolute atomic E-state index is 0.695. The molecule has 4 nitrogen and oxygen atoms in total. The highest BCUT2D eigenvalue weighted by molar-refractivity contribution is 5.42. The molecule has 1 aromatic heterocycles. The topological polar surface area (TPSA) is 49.8 Å². The molecule has 2 rings (SSSR count). The molecule has 0 unspecified atom stereocenters. The van der Waals surface area contributed by atoms with Gasteiger partial charge in [0.2, 0.25) is 5.95 Å². The van der Waals surface area contributed by atoms with E-state index in [9.17, 15) is 0 Å². The van der Waals surface area contributed by atoms with Gasteiger partial charge in [-0.2, -0.15) is 4.98 Å². The number of hydrogen-bond acceptors (Lipinski definition) is 4. The molecule has 23 heavy (non-hydrogen) atoms. The van der Waals surface area contributed by atoms with Crippen LogP contribution in [0.4, 0.5) is 11.8 Å². The summed E-state index contributed by atoms with van der Waals surface area (Å²) in [5.41, 5.74) is 2.35. The smallest absolute Gasteiger partial charge is 0.224 e. The number of rotatable bonds is 9. The van der Waals surface area contributed by atoms with Crippen LogP contribution < -0.4 is 10.6 Å². The number of anilines is 2. The van der Waals surface area contributed by atoms with Crippen LogP contribution in [0.15, 0.2) is 36.4 Å². The molecule has 0 saturated carbocycles. The maximum atomic E-state index is 4.54. The van der Waals surface area contributed by atoms with Crippen molar-refractivity contribution in [1.82, 2.24) is 9.97 Å². The summed E-state index contributed by atoms with van der Waals surface area (Å²) in [5, 5.41) is 6.72. The highest BCUT2D eigenvalue weighted by Crippen LogP contribution is 2.11. The van der Waals surface area contributed by atoms with Crippen molar-refractivity contribution in [1.29, 1.82) is 0 Å². The van der Waals surface area contributed by atoms with Crippen LogP contribution in [0.2, 0.25) is 0 Å². The van der Waals surface area contributed by atoms with Crippen LogP contribution in [0.25, 0.3) is 0 Å². The summed E-state index contributed by atoms with van der Waals surface area (Å²) in [4.78, 5) is 9.00. The van der Waals surface area contributed by atoms with Crippen LogP contribution in [0.3, 0.4) is 0 Å². The van der Waals surface area contributed by atoms with E-state index in [-0.39, 0.29) is 0 Å². The van der Waals surface area contributed by atoms with E-state index < -0.39 is 0 Å². The minimum atomic E-state index is 0.695. The molecule has 0 atom stereocenters. The first-order valence-electron chi connectivity index (χ1n) is 8.51. The molecule has 0 aliphatic heterocycles. The molecule has 0 amide bonds. The Bertz CT molecular complexity index is 581. The number of aryl methyl sites for hydroxylation is 2. The van der Waals surface area contributed by atoms with E-state index in [1.54, 1.807) is 0 Å². The molecule has 0 radical (unpaired) electrons. The molecule has 4 heteroatoms. The molecule has 0 bridgehead atoms. The summed E-state index contributed by atoms with van der Waals surface area (Å²) < 4.78 is 0. The summed E-state index contributed by atoms with van der Waals surface area (Å²) in [7, 11) is 0. The van der Waals surface area contributed by atoms with E-state index in [0.29, 0.717) is 11.9 Å². The Balaban J connectivity index is 1.79. The molecule has 1 aromatic carbocycles. The second kappa shape index (κ2) is 9.13. The van der Waals surface area contributed by atoms with Crippen LogP contribution in [-0.2, 0) is 6.42 Å². The third-order valence-corrected chi connectivity index (χ3v) is 3.65. The van der Waals surface area contributed by atoms with Gasteiger partial charge >= 0.3 is 0 Å². The molecule has 0 aliphatic rings. The number of benzene rings is 1. The highest BCUT2D eigenvalue weighted by Gasteiger charge is 2.02. The Morgan fingerprint density at radius 2 is 1.78 bits per heavy atom. The van der Waals surface area contributed by atoms with Crippen LogP contribution in [-0.4, -0.2) is 23.1 Å². The molecule has 1 heterocycles. The van der Waals surface area contributed by atoms with Gasteiger partial charge in [-0.1, -0.05) is 44.2 Å². The Morgan fingerprint density at radius 3 is 2.52 bits per heavy atom. The van der Waals surface area contributed by atoms with Crippen molar-refractivity contribution in [3.8, 4) is 0 Å². The fraction of sp³-hybridized carbons (Fsp3) is 0.474. The summed E-state index contributed by atoms with van der Waals surface area (Å²) in [6.45, 7) is 8.29. The Kier molecular flexibility index (Phi) is 6.85. The van der Waals surface area contributed by atoms with Gasteiger partial charge in [0.15, 0.2) is 0 Å². The number of hydrogen-bond donors (Lipinski definition) is 2. The summed E-state index contributed by atoms with van der Waals surface area (Å²) in [5.74, 6) is 2.31. The molecule has 2 N–H and O–H groups in total. The van der Waals surface area contributed by atoms with E-state index in [0.717, 1.165) is 43.9 Å². The van der Waals surface area contributed by atoms with Gasteiger partial charge in [-0.15, -0.1) is 0 Å². The predicted molar refractivity (Wildman–Crippen MR) is 98.0 cm³/mol. The lowest BCUT2D eigenvalue weighted by atomic mass is 10.1. The zero-order valence-electron chi connectivity index (χ0n) is 14.5. The predicted octanol–water partition coefficient (Wildman–Crippen LogP) is 4.29. The van der Waals surface area contributed by atoms with Crippen molar-refractivity contribution < 1.29 is 0 Å². The monoisotopic (exact) mass is 312 g/mol. The van der Waals surface area contributed by atoms with E-state index in [2.05, 4.69) is 64.8 Å². The van der Waals surface area contributed by atoms with Crippen LogP contribution in [0, 0.1) is 12.8 Å². The fourth-order valence-electron chi connectivity index (χ4n) is 2.36. The van der Waals surface area contributed by atoms with Gasteiger partial charge in [0.05, 0.1) is 0 Å². The van der Waals surface area contributed by atoms with Gasteiger partial charge in [-0.3, -0.25) is 0 Å². The zero-order chi connectivity index (χ0) is 16.5. The molecular weight excluding hydrogens is 284 g/mol. The number of nitrogens with zero attached hydrogens (tertiary/aromatic N) is 2. The van der Waals surface area contributed by atoms with Gasteiger partial charge in [0, 0.05) is 24.8 Å². The molecule has 2 aromatic rings. The lowest BCUT2D eigenvalue weighted by Crippen LogP contribution is -2.11. The quantitative estimate of drug-likeness (QED) is 0.678. The van der Waals surface area contributed by atoms with Gasteiger partial charge < -0.3 is 10.6 Å². The van der Waals surface area contributed by atoms with Crippen molar-refractivity contribution in [3.63, 3.8) is 0 Å². The first-order chi connectivity index (χ1) is 11.1. The largest absolute Gasteiger partial charge is 0.370 e. The first-order valence-corrected chi connectivity index (χ1v) is 8.51. The molecular formula is C19H28N4. The Morgan fingerprint density at radius 1 is 1.00 bits per heavy atom. The van der Waals surface area contributed by atoms with Crippen molar-refractivity contribution in [3.05, 3.63) is 47.7 Å². The molecule has 0 fully saturated rings. The maximum absolute atomic E-state index is 4.54. The van der Waals surface area contributed by atoms with E-state index >= 15 is 0 Å². The lowest BCUT2D eigenvalue weighted by molar-refractivity contribution is 0.606. The summed E-state index contributed by atoms with van der Waals surface area (Å²) in [6, 6.07) is 12.6. The third kappa shape index (κ3) is 6.68. The van der Waals surface area contributed by atoms with Crippen molar-refractivity contribution in [2.75, 3.05) is 23.7 Å². The maximum Gasteiger partial charge on any atom is 0.224 e. The van der Waals surface area contributed by atoms with Gasteiger partial charge in [0.25, 0.3) is 0 Å². The van der Waals surface area contributed by atoms with E-state index in [1.165, 1.54) is 5.56 Å². The van der Waals surface area contributed by atoms with Crippen LogP contribution in [0.1, 0.15) is 37.9 Å². The van der Waals surface area contributed by atoms with Gasteiger partial charge in [0.1, 0.15) is 5.82 Å². The standard InChI is InChI=1S/C19H28N4/c1-15(2)11-13-20-18-14-16(3)22-19(23-18)21-12-7-10-17-8-5-4-6-9-17/h4-6,8-9,14-15H,7,10-13H2,1-3H3,(H2,20,21,22,23). The van der Waals surface area contributed by atoms with E-state index in [1.807, 2.05) is 13.0 Å². The second-order valence-electron chi connectivity index (χ2n) is 6.34. The third-order valence-electron chi connectivity index (χ3n) is 3.65. The lowest BCUT2D eigenvalue weighted by Gasteiger charge is -2.11. The normalized spacial score (nSPS) is 10.8. The zero-order valence-corrected chi connectivity index (χ0v) is 14.5. The van der Waals surface area contributed by atoms with Crippen molar-refractivity contribution in [2.45, 2.75) is 40.0 Å². The number of aromatic nitrogens is 2. The molecule has 0 aliphatic carbocycles. The minimum Gasteiger partial charge on any atom is -0.370 e. The first kappa shape index (κ1) is 17.3. The van der Waals surface area contributed by atoms with Crippen molar-refractivity contribution in [2.24, 2.45) is 5.92 Å². The average molecular weight is 312 g/mol. The second-order valence-corrected chi connectivity index (χ2v) is 6.34. The Labute approximate surface area is 139 Å². The highest BCUT2D eigenvalue weighted by atomic mass is 15.1. The summed E-state index contributed by atoms with van der Waals surface area (Å²) >= 11 is 0. The molecule has 0 spiro atoms. The van der Waals surface area contributed by atoms with E-state index in [4.69, 9.17) is 0 Å². The van der Waals surface area contributed by atoms with Crippen molar-refractivity contribution >= 4 is 11.8 Å². The molecule has 0 saturated heterocycles. The average Bonchev–Trinajstić information content (AvgIpc) is 2.52. The summed E-state index contributed by atoms with van der Waals surface area (Å²) in [6.07, 6.45) is 3.28.